The normalized spacial score (nSPS) is 11.8. The largest absolute Gasteiger partial charge is 0.493 e. The van der Waals surface area contributed by atoms with E-state index in [1.807, 2.05) is 49.6 Å². The van der Waals surface area contributed by atoms with Crippen molar-refractivity contribution < 1.29 is 24.2 Å². The summed E-state index contributed by atoms with van der Waals surface area (Å²) in [5.41, 5.74) is 4.67. The zero-order chi connectivity index (χ0) is 30.8. The molecule has 0 spiro atoms. The molecule has 0 unspecified atom stereocenters. The molecule has 2 heterocycles. The summed E-state index contributed by atoms with van der Waals surface area (Å²) in [4.78, 5) is 34.5. The molecule has 4 aromatic rings. The molecule has 0 saturated heterocycles. The van der Waals surface area contributed by atoms with Gasteiger partial charge in [0, 0.05) is 55.9 Å². The maximum atomic E-state index is 12.6. The Balaban J connectivity index is 1.38. The molecule has 10 heteroatoms. The molecule has 0 saturated carbocycles. The highest BCUT2D eigenvalue weighted by atomic mass is 16.5. The van der Waals surface area contributed by atoms with E-state index >= 15 is 0 Å². The average molecular weight is 590 g/mol. The predicted octanol–water partition coefficient (Wildman–Crippen LogP) is 5.68. The molecule has 4 rings (SSSR count). The van der Waals surface area contributed by atoms with Gasteiger partial charge in [-0.1, -0.05) is 44.9 Å². The number of benzene rings is 2. The monoisotopic (exact) mass is 589 g/mol. The first kappa shape index (κ1) is 31.5. The second-order valence-corrected chi connectivity index (χ2v) is 10.7. The molecule has 2 aromatic heterocycles. The van der Waals surface area contributed by atoms with Gasteiger partial charge in [-0.25, -0.2) is 9.59 Å². The van der Waals surface area contributed by atoms with Crippen LogP contribution < -0.4 is 25.0 Å². The van der Waals surface area contributed by atoms with Crippen molar-refractivity contribution in [3.05, 3.63) is 59.9 Å². The lowest BCUT2D eigenvalue weighted by atomic mass is 10.0. The number of rotatable bonds is 16. The third-order valence-corrected chi connectivity index (χ3v) is 7.66. The minimum Gasteiger partial charge on any atom is -0.493 e. The number of para-hydroxylation sites is 1. The molecule has 2 amide bonds. The SMILES string of the molecule is CCCCCOc1c(OC)cc(N(C)CCCNC(=O)N[C@@H](Cc2c[nH]c3ccccc23)C(=O)O)c2nccc(CC)c12. The van der Waals surface area contributed by atoms with Crippen LogP contribution in [-0.2, 0) is 17.6 Å². The van der Waals surface area contributed by atoms with Gasteiger partial charge in [0.15, 0.2) is 11.5 Å². The summed E-state index contributed by atoms with van der Waals surface area (Å²) in [5.74, 6) is 0.313. The van der Waals surface area contributed by atoms with E-state index in [-0.39, 0.29) is 6.42 Å². The van der Waals surface area contributed by atoms with Gasteiger partial charge in [-0.2, -0.15) is 0 Å². The maximum Gasteiger partial charge on any atom is 0.326 e. The van der Waals surface area contributed by atoms with Crippen molar-refractivity contribution in [1.82, 2.24) is 20.6 Å². The van der Waals surface area contributed by atoms with Crippen LogP contribution in [0.3, 0.4) is 0 Å². The minimum absolute atomic E-state index is 0.176. The van der Waals surface area contributed by atoms with Gasteiger partial charge in [0.2, 0.25) is 0 Å². The fourth-order valence-corrected chi connectivity index (χ4v) is 5.31. The first-order valence-corrected chi connectivity index (χ1v) is 15.0. The fourth-order valence-electron chi connectivity index (χ4n) is 5.31. The van der Waals surface area contributed by atoms with Crippen LogP contribution in [0, 0.1) is 0 Å². The van der Waals surface area contributed by atoms with Crippen molar-refractivity contribution in [3.8, 4) is 11.5 Å². The van der Waals surface area contributed by atoms with Gasteiger partial charge in [-0.3, -0.25) is 4.98 Å². The number of methoxy groups -OCH3 is 1. The summed E-state index contributed by atoms with van der Waals surface area (Å²) in [6.45, 7) is 5.90. The molecule has 43 heavy (non-hydrogen) atoms. The number of fused-ring (bicyclic) bond motifs is 2. The molecule has 10 nitrogen and oxygen atoms in total. The number of urea groups is 1. The van der Waals surface area contributed by atoms with Gasteiger partial charge in [-0.15, -0.1) is 0 Å². The standard InChI is InChI=1S/C33H43N5O5/c1-5-7-10-18-43-31-28(42-4)20-27(30-29(31)22(6-2)14-16-34-30)38(3)17-11-15-35-33(41)37-26(32(39)40)19-23-21-36-25-13-9-8-12-24(23)25/h8-9,12-14,16,20-21,26,36H,5-7,10-11,15,17-19H2,1-4H3,(H,39,40)(H2,35,37,41)/t26-/m0/s1. The number of amides is 2. The van der Waals surface area contributed by atoms with Gasteiger partial charge in [0.25, 0.3) is 0 Å². The topological polar surface area (TPSA) is 129 Å². The zero-order valence-corrected chi connectivity index (χ0v) is 25.5. The van der Waals surface area contributed by atoms with Crippen molar-refractivity contribution in [3.63, 3.8) is 0 Å². The maximum absolute atomic E-state index is 12.6. The Bertz CT molecular complexity index is 1540. The molecular formula is C33H43N5O5. The second kappa shape index (κ2) is 15.1. The van der Waals surface area contributed by atoms with Crippen molar-refractivity contribution >= 4 is 39.5 Å². The minimum atomic E-state index is -1.09. The number of aromatic nitrogens is 2. The fraction of sp³-hybridized carbons (Fsp3) is 0.424. The van der Waals surface area contributed by atoms with E-state index in [0.717, 1.165) is 70.1 Å². The highest BCUT2D eigenvalue weighted by Crippen LogP contribution is 2.42. The smallest absolute Gasteiger partial charge is 0.326 e. The number of ether oxygens (including phenoxy) is 2. The van der Waals surface area contributed by atoms with Crippen molar-refractivity contribution in [2.75, 3.05) is 38.8 Å². The third kappa shape index (κ3) is 7.68. The Kier molecular flexibility index (Phi) is 11.1. The number of anilines is 1. The van der Waals surface area contributed by atoms with E-state index in [9.17, 15) is 14.7 Å². The van der Waals surface area contributed by atoms with Crippen LogP contribution in [0.5, 0.6) is 11.5 Å². The molecule has 2 aromatic carbocycles. The first-order chi connectivity index (χ1) is 20.9. The number of carbonyl (C=O) groups excluding carboxylic acids is 1. The van der Waals surface area contributed by atoms with E-state index in [0.29, 0.717) is 31.9 Å². The summed E-state index contributed by atoms with van der Waals surface area (Å²) < 4.78 is 12.0. The number of aliphatic carboxylic acids is 1. The van der Waals surface area contributed by atoms with Crippen LogP contribution in [-0.4, -0.2) is 67.0 Å². The Labute approximate surface area is 252 Å². The lowest BCUT2D eigenvalue weighted by Gasteiger charge is -2.24. The number of H-pyrrole nitrogens is 1. The van der Waals surface area contributed by atoms with Crippen LogP contribution in [0.15, 0.2) is 48.8 Å². The van der Waals surface area contributed by atoms with Crippen molar-refractivity contribution in [1.29, 1.82) is 0 Å². The number of unbranched alkanes of at least 4 members (excludes halogenated alkanes) is 2. The summed E-state index contributed by atoms with van der Waals surface area (Å²) in [6, 6.07) is 10.1. The van der Waals surface area contributed by atoms with E-state index in [1.165, 1.54) is 0 Å². The zero-order valence-electron chi connectivity index (χ0n) is 25.5. The Morgan fingerprint density at radius 3 is 2.67 bits per heavy atom. The average Bonchev–Trinajstić information content (AvgIpc) is 3.43. The molecule has 4 N–H and O–H groups in total. The summed E-state index contributed by atoms with van der Waals surface area (Å²) in [5, 5.41) is 17.1. The summed E-state index contributed by atoms with van der Waals surface area (Å²) >= 11 is 0. The number of aromatic amines is 1. The van der Waals surface area contributed by atoms with E-state index in [1.54, 1.807) is 13.3 Å². The summed E-state index contributed by atoms with van der Waals surface area (Å²) in [7, 11) is 3.63. The van der Waals surface area contributed by atoms with Gasteiger partial charge in [-0.05, 0) is 42.5 Å². The van der Waals surface area contributed by atoms with Gasteiger partial charge < -0.3 is 35.1 Å². The van der Waals surface area contributed by atoms with Crippen LogP contribution in [0.4, 0.5) is 10.5 Å². The third-order valence-electron chi connectivity index (χ3n) is 7.66. The van der Waals surface area contributed by atoms with Gasteiger partial charge in [0.1, 0.15) is 6.04 Å². The molecule has 1 atom stereocenters. The quantitative estimate of drug-likeness (QED) is 0.124. The second-order valence-electron chi connectivity index (χ2n) is 10.7. The predicted molar refractivity (Wildman–Crippen MR) is 171 cm³/mol. The Hall–Kier alpha value is -4.47. The molecule has 0 aliphatic heterocycles. The number of nitrogens with one attached hydrogen (secondary N) is 3. The van der Waals surface area contributed by atoms with Gasteiger partial charge in [0.05, 0.1) is 30.3 Å². The number of carboxylic acids is 1. The number of hydrogen-bond donors (Lipinski definition) is 4. The summed E-state index contributed by atoms with van der Waals surface area (Å²) in [6.07, 6.45) is 8.46. The number of carboxylic acid groups (broad SMARTS) is 1. The Morgan fingerprint density at radius 2 is 1.93 bits per heavy atom. The van der Waals surface area contributed by atoms with Crippen LogP contribution in [0.2, 0.25) is 0 Å². The highest BCUT2D eigenvalue weighted by Gasteiger charge is 2.22. The van der Waals surface area contributed by atoms with Crippen molar-refractivity contribution in [2.24, 2.45) is 0 Å². The number of pyridine rings is 1. The number of aryl methyl sites for hydroxylation is 1. The molecule has 0 aliphatic rings. The number of nitrogens with zero attached hydrogens (tertiary/aromatic N) is 2. The molecule has 0 radical (unpaired) electrons. The Morgan fingerprint density at radius 1 is 1.12 bits per heavy atom. The van der Waals surface area contributed by atoms with E-state index in [4.69, 9.17) is 14.5 Å². The number of carbonyl (C=O) groups is 2. The van der Waals surface area contributed by atoms with Crippen LogP contribution in [0.25, 0.3) is 21.8 Å². The van der Waals surface area contributed by atoms with Crippen LogP contribution in [0.1, 0.15) is 50.7 Å². The van der Waals surface area contributed by atoms with E-state index < -0.39 is 18.0 Å². The molecule has 0 bridgehead atoms. The molecule has 230 valence electrons. The lowest BCUT2D eigenvalue weighted by molar-refractivity contribution is -0.139. The van der Waals surface area contributed by atoms with Crippen molar-refractivity contribution in [2.45, 2.75) is 58.4 Å². The number of hydrogen-bond acceptors (Lipinski definition) is 6. The molecule has 0 fully saturated rings. The first-order valence-electron chi connectivity index (χ1n) is 15.0. The highest BCUT2D eigenvalue weighted by molar-refractivity contribution is 5.99. The molecule has 0 aliphatic carbocycles. The van der Waals surface area contributed by atoms with E-state index in [2.05, 4.69) is 34.4 Å². The van der Waals surface area contributed by atoms with Gasteiger partial charge >= 0.3 is 12.0 Å². The van der Waals surface area contributed by atoms with Crippen LogP contribution >= 0.6 is 0 Å². The molecular weight excluding hydrogens is 546 g/mol. The lowest BCUT2D eigenvalue weighted by Crippen LogP contribution is -2.47.